The molecule has 17 heavy (non-hydrogen) atoms. The predicted octanol–water partition coefficient (Wildman–Crippen LogP) is 3.13. The Morgan fingerprint density at radius 1 is 1.53 bits per heavy atom. The summed E-state index contributed by atoms with van der Waals surface area (Å²) in [7, 11) is 1.89. The zero-order chi connectivity index (χ0) is 12.4. The van der Waals surface area contributed by atoms with E-state index in [0.29, 0.717) is 5.78 Å². The summed E-state index contributed by atoms with van der Waals surface area (Å²) >= 11 is 0. The topological polar surface area (TPSA) is 34.9 Å². The van der Waals surface area contributed by atoms with E-state index in [4.69, 9.17) is 0 Å². The van der Waals surface area contributed by atoms with Crippen LogP contribution in [0.25, 0.3) is 0 Å². The van der Waals surface area contributed by atoms with Crippen LogP contribution in [0.2, 0.25) is 0 Å². The lowest BCUT2D eigenvalue weighted by Crippen LogP contribution is -2.23. The number of nitrogens with zero attached hydrogens (tertiary/aromatic N) is 2. The van der Waals surface area contributed by atoms with Crippen molar-refractivity contribution in [1.29, 1.82) is 0 Å². The van der Waals surface area contributed by atoms with Crippen LogP contribution in [-0.2, 0) is 7.05 Å². The number of hydrogen-bond donors (Lipinski definition) is 0. The monoisotopic (exact) mass is 234 g/mol. The van der Waals surface area contributed by atoms with E-state index in [-0.39, 0.29) is 5.92 Å². The summed E-state index contributed by atoms with van der Waals surface area (Å²) < 4.78 is 1.79. The molecule has 1 aromatic rings. The molecule has 1 aliphatic carbocycles. The smallest absolute Gasteiger partial charge is 0.169 e. The summed E-state index contributed by atoms with van der Waals surface area (Å²) in [5.41, 5.74) is 1.82. The van der Waals surface area contributed by atoms with E-state index < -0.39 is 0 Å². The van der Waals surface area contributed by atoms with Crippen molar-refractivity contribution in [2.75, 3.05) is 0 Å². The minimum absolute atomic E-state index is 0.233. The van der Waals surface area contributed by atoms with Gasteiger partial charge >= 0.3 is 0 Å². The SMILES string of the molecule is CCC1CCCC(C(=O)c2cnn(C)c2C)C1. The van der Waals surface area contributed by atoms with E-state index in [2.05, 4.69) is 12.0 Å². The van der Waals surface area contributed by atoms with Crippen molar-refractivity contribution in [3.63, 3.8) is 0 Å². The molecule has 1 aliphatic rings. The lowest BCUT2D eigenvalue weighted by Gasteiger charge is -2.27. The van der Waals surface area contributed by atoms with Gasteiger partial charge in [-0.25, -0.2) is 0 Å². The van der Waals surface area contributed by atoms with Gasteiger partial charge in [0.25, 0.3) is 0 Å². The lowest BCUT2D eigenvalue weighted by atomic mass is 9.77. The number of aryl methyl sites for hydroxylation is 1. The number of carbonyl (C=O) groups is 1. The van der Waals surface area contributed by atoms with Crippen molar-refractivity contribution < 1.29 is 4.79 Å². The zero-order valence-electron chi connectivity index (χ0n) is 11.1. The van der Waals surface area contributed by atoms with Crippen LogP contribution in [0.3, 0.4) is 0 Å². The highest BCUT2D eigenvalue weighted by Gasteiger charge is 2.28. The van der Waals surface area contributed by atoms with Gasteiger partial charge in [0.1, 0.15) is 0 Å². The molecule has 0 bridgehead atoms. The Morgan fingerprint density at radius 2 is 2.29 bits per heavy atom. The van der Waals surface area contributed by atoms with Gasteiger partial charge in [0, 0.05) is 18.7 Å². The van der Waals surface area contributed by atoms with Gasteiger partial charge in [0.05, 0.1) is 11.8 Å². The first kappa shape index (κ1) is 12.3. The Hall–Kier alpha value is -1.12. The summed E-state index contributed by atoms with van der Waals surface area (Å²) in [6.07, 6.45) is 7.57. The van der Waals surface area contributed by atoms with Crippen molar-refractivity contribution in [1.82, 2.24) is 9.78 Å². The first-order chi connectivity index (χ1) is 8.13. The van der Waals surface area contributed by atoms with Gasteiger partial charge < -0.3 is 0 Å². The molecule has 0 radical (unpaired) electrons. The molecule has 3 heteroatoms. The molecule has 3 nitrogen and oxygen atoms in total. The maximum Gasteiger partial charge on any atom is 0.169 e. The lowest BCUT2D eigenvalue weighted by molar-refractivity contribution is 0.0861. The molecule has 94 valence electrons. The first-order valence-electron chi connectivity index (χ1n) is 6.66. The second-order valence-electron chi connectivity index (χ2n) is 5.27. The summed E-state index contributed by atoms with van der Waals surface area (Å²) in [4.78, 5) is 12.4. The highest BCUT2D eigenvalue weighted by Crippen LogP contribution is 2.33. The number of hydrogen-bond acceptors (Lipinski definition) is 2. The van der Waals surface area contributed by atoms with Crippen LogP contribution in [0.15, 0.2) is 6.20 Å². The van der Waals surface area contributed by atoms with Gasteiger partial charge in [-0.05, 0) is 25.7 Å². The molecule has 2 atom stereocenters. The van der Waals surface area contributed by atoms with Crippen LogP contribution < -0.4 is 0 Å². The molecule has 2 rings (SSSR count). The predicted molar refractivity (Wildman–Crippen MR) is 68.0 cm³/mol. The number of Topliss-reactive ketones (excluding diaryl/α,β-unsaturated/α-hetero) is 1. The molecular weight excluding hydrogens is 212 g/mol. The summed E-state index contributed by atoms with van der Waals surface area (Å²) in [5.74, 6) is 1.29. The quantitative estimate of drug-likeness (QED) is 0.753. The van der Waals surface area contributed by atoms with E-state index in [0.717, 1.165) is 30.0 Å². The van der Waals surface area contributed by atoms with Crippen LogP contribution >= 0.6 is 0 Å². The highest BCUT2D eigenvalue weighted by atomic mass is 16.1. The van der Waals surface area contributed by atoms with Crippen molar-refractivity contribution in [2.24, 2.45) is 18.9 Å². The van der Waals surface area contributed by atoms with Crippen LogP contribution in [0, 0.1) is 18.8 Å². The van der Waals surface area contributed by atoms with E-state index >= 15 is 0 Å². The standard InChI is InChI=1S/C14H22N2O/c1-4-11-6-5-7-12(8-11)14(17)13-9-15-16(3)10(13)2/h9,11-12H,4-8H2,1-3H3. The fourth-order valence-corrected chi connectivity index (χ4v) is 2.86. The van der Waals surface area contributed by atoms with E-state index in [1.807, 2.05) is 14.0 Å². The highest BCUT2D eigenvalue weighted by molar-refractivity contribution is 5.98. The van der Waals surface area contributed by atoms with Gasteiger partial charge in [0.15, 0.2) is 5.78 Å². The molecule has 0 aliphatic heterocycles. The normalized spacial score (nSPS) is 24.9. The minimum atomic E-state index is 0.233. The van der Waals surface area contributed by atoms with Gasteiger partial charge in [-0.1, -0.05) is 26.2 Å². The summed E-state index contributed by atoms with van der Waals surface area (Å²) in [6.45, 7) is 4.20. The molecular formula is C14H22N2O. The number of rotatable bonds is 3. The fraction of sp³-hybridized carbons (Fsp3) is 0.714. The minimum Gasteiger partial charge on any atom is -0.294 e. The van der Waals surface area contributed by atoms with Crippen molar-refractivity contribution in [3.8, 4) is 0 Å². The Bertz CT molecular complexity index is 408. The number of carbonyl (C=O) groups excluding carboxylic acids is 1. The maximum absolute atomic E-state index is 12.4. The third kappa shape index (κ3) is 2.43. The average Bonchev–Trinajstić information content (AvgIpc) is 2.69. The van der Waals surface area contributed by atoms with Crippen molar-refractivity contribution >= 4 is 5.78 Å². The molecule has 0 N–H and O–H groups in total. The molecule has 2 unspecified atom stereocenters. The third-order valence-electron chi connectivity index (χ3n) is 4.23. The van der Waals surface area contributed by atoms with Crippen molar-refractivity contribution in [3.05, 3.63) is 17.5 Å². The Morgan fingerprint density at radius 3 is 2.88 bits per heavy atom. The number of aromatic nitrogens is 2. The van der Waals surface area contributed by atoms with Crippen LogP contribution in [0.4, 0.5) is 0 Å². The van der Waals surface area contributed by atoms with E-state index in [1.165, 1.54) is 19.3 Å². The molecule has 1 aromatic heterocycles. The largest absolute Gasteiger partial charge is 0.294 e. The molecule has 0 spiro atoms. The zero-order valence-corrected chi connectivity index (χ0v) is 11.1. The first-order valence-corrected chi connectivity index (χ1v) is 6.66. The fourth-order valence-electron chi connectivity index (χ4n) is 2.86. The van der Waals surface area contributed by atoms with Gasteiger partial charge in [0.2, 0.25) is 0 Å². The summed E-state index contributed by atoms with van der Waals surface area (Å²) in [6, 6.07) is 0. The Labute approximate surface area is 103 Å². The van der Waals surface area contributed by atoms with Gasteiger partial charge in [-0.3, -0.25) is 9.48 Å². The van der Waals surface area contributed by atoms with E-state index in [1.54, 1.807) is 10.9 Å². The average molecular weight is 234 g/mol. The summed E-state index contributed by atoms with van der Waals surface area (Å²) in [5, 5.41) is 4.17. The molecule has 1 saturated carbocycles. The molecule has 1 fully saturated rings. The van der Waals surface area contributed by atoms with Gasteiger partial charge in [-0.2, -0.15) is 5.10 Å². The second-order valence-corrected chi connectivity index (χ2v) is 5.27. The Balaban J connectivity index is 2.12. The number of ketones is 1. The van der Waals surface area contributed by atoms with Crippen LogP contribution in [-0.4, -0.2) is 15.6 Å². The van der Waals surface area contributed by atoms with Crippen molar-refractivity contribution in [2.45, 2.75) is 46.0 Å². The third-order valence-corrected chi connectivity index (χ3v) is 4.23. The molecule has 0 amide bonds. The molecule has 0 saturated heterocycles. The van der Waals surface area contributed by atoms with E-state index in [9.17, 15) is 4.79 Å². The molecule has 0 aromatic carbocycles. The second kappa shape index (κ2) is 5.03. The van der Waals surface area contributed by atoms with Gasteiger partial charge in [-0.15, -0.1) is 0 Å². The Kier molecular flexibility index (Phi) is 3.65. The van der Waals surface area contributed by atoms with Crippen LogP contribution in [0.1, 0.15) is 55.1 Å². The maximum atomic E-state index is 12.4. The van der Waals surface area contributed by atoms with Crippen LogP contribution in [0.5, 0.6) is 0 Å². The molecule has 1 heterocycles.